The Balaban J connectivity index is 2.20. The SMILES string of the molecule is CC(C)(C)OC(=O)NCCCN[C@H](CO)c1ccccc1. The van der Waals surface area contributed by atoms with E-state index < -0.39 is 11.7 Å². The van der Waals surface area contributed by atoms with Crippen LogP contribution < -0.4 is 10.6 Å². The van der Waals surface area contributed by atoms with Crippen molar-refractivity contribution in [2.24, 2.45) is 0 Å². The van der Waals surface area contributed by atoms with E-state index in [1.807, 2.05) is 51.1 Å². The Kier molecular flexibility index (Phi) is 7.19. The van der Waals surface area contributed by atoms with Gasteiger partial charge in [-0.3, -0.25) is 0 Å². The summed E-state index contributed by atoms with van der Waals surface area (Å²) in [5.74, 6) is 0. The first-order valence-electron chi connectivity index (χ1n) is 7.28. The molecule has 0 radical (unpaired) electrons. The third-order valence-electron chi connectivity index (χ3n) is 2.80. The number of aliphatic hydroxyl groups is 1. The minimum absolute atomic E-state index is 0.0451. The topological polar surface area (TPSA) is 70.6 Å². The van der Waals surface area contributed by atoms with Gasteiger partial charge in [0.15, 0.2) is 0 Å². The van der Waals surface area contributed by atoms with Crippen LogP contribution in [-0.4, -0.2) is 36.5 Å². The molecule has 1 amide bonds. The number of alkyl carbamates (subject to hydrolysis) is 1. The minimum atomic E-state index is -0.475. The highest BCUT2D eigenvalue weighted by atomic mass is 16.6. The van der Waals surface area contributed by atoms with Crippen LogP contribution in [0.1, 0.15) is 38.8 Å². The van der Waals surface area contributed by atoms with Crippen molar-refractivity contribution in [2.45, 2.75) is 38.8 Å². The summed E-state index contributed by atoms with van der Waals surface area (Å²) in [6, 6.07) is 9.73. The Labute approximate surface area is 126 Å². The molecule has 0 heterocycles. The fourth-order valence-corrected chi connectivity index (χ4v) is 1.84. The lowest BCUT2D eigenvalue weighted by atomic mass is 10.1. The number of amides is 1. The number of carbonyl (C=O) groups is 1. The third kappa shape index (κ3) is 7.68. The van der Waals surface area contributed by atoms with Crippen LogP contribution >= 0.6 is 0 Å². The Morgan fingerprint density at radius 3 is 2.48 bits per heavy atom. The van der Waals surface area contributed by atoms with E-state index in [4.69, 9.17) is 4.74 Å². The molecule has 0 unspecified atom stereocenters. The number of hydrogen-bond donors (Lipinski definition) is 3. The monoisotopic (exact) mass is 294 g/mol. The second-order valence-electron chi connectivity index (χ2n) is 5.88. The molecule has 0 fully saturated rings. The molecule has 0 aliphatic rings. The van der Waals surface area contributed by atoms with Crippen molar-refractivity contribution in [3.05, 3.63) is 35.9 Å². The number of nitrogens with one attached hydrogen (secondary N) is 2. The van der Waals surface area contributed by atoms with Crippen molar-refractivity contribution < 1.29 is 14.6 Å². The van der Waals surface area contributed by atoms with Crippen molar-refractivity contribution in [2.75, 3.05) is 19.7 Å². The number of aliphatic hydroxyl groups excluding tert-OH is 1. The molecule has 0 saturated carbocycles. The van der Waals surface area contributed by atoms with Gasteiger partial charge in [0.05, 0.1) is 12.6 Å². The molecule has 5 nitrogen and oxygen atoms in total. The zero-order valence-electron chi connectivity index (χ0n) is 13.1. The van der Waals surface area contributed by atoms with Crippen molar-refractivity contribution in [1.82, 2.24) is 10.6 Å². The molecule has 1 aromatic rings. The van der Waals surface area contributed by atoms with Crippen molar-refractivity contribution in [3.63, 3.8) is 0 Å². The van der Waals surface area contributed by atoms with Crippen LogP contribution in [0.3, 0.4) is 0 Å². The molecule has 1 aromatic carbocycles. The van der Waals surface area contributed by atoms with Gasteiger partial charge >= 0.3 is 6.09 Å². The number of hydrogen-bond acceptors (Lipinski definition) is 4. The van der Waals surface area contributed by atoms with Gasteiger partial charge in [0.2, 0.25) is 0 Å². The molecule has 0 aliphatic heterocycles. The van der Waals surface area contributed by atoms with E-state index >= 15 is 0 Å². The molecule has 21 heavy (non-hydrogen) atoms. The molecule has 3 N–H and O–H groups in total. The number of carbonyl (C=O) groups excluding carboxylic acids is 1. The highest BCUT2D eigenvalue weighted by molar-refractivity contribution is 5.67. The quantitative estimate of drug-likeness (QED) is 0.674. The van der Waals surface area contributed by atoms with Crippen LogP contribution in [0.25, 0.3) is 0 Å². The highest BCUT2D eigenvalue weighted by Crippen LogP contribution is 2.11. The number of ether oxygens (including phenoxy) is 1. The maximum absolute atomic E-state index is 11.4. The normalized spacial score (nSPS) is 12.8. The molecule has 0 saturated heterocycles. The maximum atomic E-state index is 11.4. The lowest BCUT2D eigenvalue weighted by molar-refractivity contribution is 0.0527. The summed E-state index contributed by atoms with van der Waals surface area (Å²) in [6.07, 6.45) is 0.368. The van der Waals surface area contributed by atoms with E-state index in [9.17, 15) is 9.90 Å². The summed E-state index contributed by atoms with van der Waals surface area (Å²) in [5.41, 5.74) is 0.581. The van der Waals surface area contributed by atoms with E-state index in [2.05, 4.69) is 10.6 Å². The molecule has 0 aromatic heterocycles. The Hall–Kier alpha value is -1.59. The predicted molar refractivity (Wildman–Crippen MR) is 83.1 cm³/mol. The summed E-state index contributed by atoms with van der Waals surface area (Å²) >= 11 is 0. The van der Waals surface area contributed by atoms with E-state index in [-0.39, 0.29) is 12.6 Å². The van der Waals surface area contributed by atoms with E-state index in [0.717, 1.165) is 12.0 Å². The Bertz CT molecular complexity index is 415. The molecule has 0 aliphatic carbocycles. The van der Waals surface area contributed by atoms with Gasteiger partial charge in [-0.05, 0) is 39.3 Å². The first-order valence-corrected chi connectivity index (χ1v) is 7.28. The summed E-state index contributed by atoms with van der Waals surface area (Å²) in [5, 5.41) is 15.4. The largest absolute Gasteiger partial charge is 0.444 e. The van der Waals surface area contributed by atoms with Crippen molar-refractivity contribution in [3.8, 4) is 0 Å². The van der Waals surface area contributed by atoms with Crippen LogP contribution in [0, 0.1) is 0 Å². The van der Waals surface area contributed by atoms with Gasteiger partial charge < -0.3 is 20.5 Å². The van der Waals surface area contributed by atoms with Gasteiger partial charge in [-0.15, -0.1) is 0 Å². The van der Waals surface area contributed by atoms with Crippen LogP contribution in [0.2, 0.25) is 0 Å². The summed E-state index contributed by atoms with van der Waals surface area (Å²) < 4.78 is 5.15. The molecular formula is C16H26N2O3. The van der Waals surface area contributed by atoms with Gasteiger partial charge in [0.25, 0.3) is 0 Å². The smallest absolute Gasteiger partial charge is 0.407 e. The zero-order valence-corrected chi connectivity index (χ0v) is 13.1. The third-order valence-corrected chi connectivity index (χ3v) is 2.80. The van der Waals surface area contributed by atoms with E-state index in [1.165, 1.54) is 0 Å². The van der Waals surface area contributed by atoms with Gasteiger partial charge in [-0.2, -0.15) is 0 Å². The Morgan fingerprint density at radius 2 is 1.90 bits per heavy atom. The summed E-state index contributed by atoms with van der Waals surface area (Å²) in [6.45, 7) is 6.79. The highest BCUT2D eigenvalue weighted by Gasteiger charge is 2.15. The number of rotatable bonds is 7. The lowest BCUT2D eigenvalue weighted by Crippen LogP contribution is -2.34. The zero-order chi connectivity index (χ0) is 15.7. The van der Waals surface area contributed by atoms with E-state index in [0.29, 0.717) is 13.1 Å². The summed E-state index contributed by atoms with van der Waals surface area (Å²) in [7, 11) is 0. The van der Waals surface area contributed by atoms with E-state index in [1.54, 1.807) is 0 Å². The van der Waals surface area contributed by atoms with Gasteiger partial charge in [-0.25, -0.2) is 4.79 Å². The fourth-order valence-electron chi connectivity index (χ4n) is 1.84. The second kappa shape index (κ2) is 8.64. The fraction of sp³-hybridized carbons (Fsp3) is 0.562. The van der Waals surface area contributed by atoms with Crippen LogP contribution in [0.4, 0.5) is 4.79 Å². The van der Waals surface area contributed by atoms with Crippen LogP contribution in [0.15, 0.2) is 30.3 Å². The molecule has 1 atom stereocenters. The average molecular weight is 294 g/mol. The van der Waals surface area contributed by atoms with Crippen LogP contribution in [-0.2, 0) is 4.74 Å². The molecular weight excluding hydrogens is 268 g/mol. The number of benzene rings is 1. The second-order valence-corrected chi connectivity index (χ2v) is 5.88. The Morgan fingerprint density at radius 1 is 1.24 bits per heavy atom. The first kappa shape index (κ1) is 17.5. The van der Waals surface area contributed by atoms with Crippen LogP contribution in [0.5, 0.6) is 0 Å². The standard InChI is InChI=1S/C16H26N2O3/c1-16(2,3)21-15(20)18-11-7-10-17-14(12-19)13-8-5-4-6-9-13/h4-6,8-9,14,17,19H,7,10-12H2,1-3H3,(H,18,20)/t14-/m1/s1. The molecule has 1 rings (SSSR count). The molecule has 118 valence electrons. The minimum Gasteiger partial charge on any atom is -0.444 e. The lowest BCUT2D eigenvalue weighted by Gasteiger charge is -2.20. The van der Waals surface area contributed by atoms with Gasteiger partial charge in [0.1, 0.15) is 5.60 Å². The molecule has 0 bridgehead atoms. The van der Waals surface area contributed by atoms with Crippen molar-refractivity contribution in [1.29, 1.82) is 0 Å². The maximum Gasteiger partial charge on any atom is 0.407 e. The van der Waals surface area contributed by atoms with Gasteiger partial charge in [-0.1, -0.05) is 30.3 Å². The predicted octanol–water partition coefficient (Wildman–Crippen LogP) is 2.22. The van der Waals surface area contributed by atoms with Crippen molar-refractivity contribution >= 4 is 6.09 Å². The molecule has 0 spiro atoms. The first-order chi connectivity index (χ1) is 9.92. The summed E-state index contributed by atoms with van der Waals surface area (Å²) in [4.78, 5) is 11.4. The molecule has 5 heteroatoms. The van der Waals surface area contributed by atoms with Gasteiger partial charge in [0, 0.05) is 6.54 Å². The average Bonchev–Trinajstić information content (AvgIpc) is 2.42.